The lowest BCUT2D eigenvalue weighted by atomic mass is 10.1. The second kappa shape index (κ2) is 6.35. The highest BCUT2D eigenvalue weighted by Crippen LogP contribution is 2.36. The van der Waals surface area contributed by atoms with Crippen molar-refractivity contribution in [2.75, 3.05) is 25.2 Å². The van der Waals surface area contributed by atoms with E-state index in [1.54, 1.807) is 7.11 Å². The number of hydrogen-bond donors (Lipinski definition) is 1. The first-order valence-electron chi connectivity index (χ1n) is 7.00. The maximum absolute atomic E-state index is 9.22. The number of anilines is 1. The predicted octanol–water partition coefficient (Wildman–Crippen LogP) is 2.13. The van der Waals surface area contributed by atoms with Crippen LogP contribution in [0.3, 0.4) is 0 Å². The zero-order valence-corrected chi connectivity index (χ0v) is 12.1. The molecule has 1 unspecified atom stereocenters. The highest BCUT2D eigenvalue weighted by atomic mass is 16.5. The number of aliphatic hydroxyl groups is 1. The smallest absolute Gasteiger partial charge is 0.129 e. The van der Waals surface area contributed by atoms with E-state index in [0.29, 0.717) is 12.6 Å². The van der Waals surface area contributed by atoms with Gasteiger partial charge in [0.05, 0.1) is 13.2 Å². The number of rotatable bonds is 7. The molecule has 4 heteroatoms. The zero-order valence-electron chi connectivity index (χ0n) is 12.1. The molecule has 0 spiro atoms. The van der Waals surface area contributed by atoms with Gasteiger partial charge >= 0.3 is 0 Å². The molecule has 4 nitrogen and oxygen atoms in total. The van der Waals surface area contributed by atoms with Gasteiger partial charge in [0, 0.05) is 25.4 Å². The van der Waals surface area contributed by atoms with E-state index >= 15 is 0 Å². The highest BCUT2D eigenvalue weighted by Gasteiger charge is 2.32. The average Bonchev–Trinajstić information content (AvgIpc) is 3.23. The largest absolute Gasteiger partial charge is 0.392 e. The standard InChI is InChI=1S/C15H24N2O2/c1-11-14(10-18)6-7-15(16-11)17(8-9-19-3)12(2)13-4-5-13/h6-7,12-13,18H,4-5,8-10H2,1-3H3. The van der Waals surface area contributed by atoms with Crippen LogP contribution < -0.4 is 4.90 Å². The van der Waals surface area contributed by atoms with Crippen molar-refractivity contribution in [3.8, 4) is 0 Å². The molecule has 19 heavy (non-hydrogen) atoms. The van der Waals surface area contributed by atoms with Crippen molar-refractivity contribution < 1.29 is 9.84 Å². The van der Waals surface area contributed by atoms with Crippen LogP contribution in [0, 0.1) is 12.8 Å². The van der Waals surface area contributed by atoms with Crippen LogP contribution in [0.1, 0.15) is 31.0 Å². The molecule has 0 aromatic carbocycles. The first kappa shape index (κ1) is 14.3. The molecule has 0 radical (unpaired) electrons. The van der Waals surface area contributed by atoms with E-state index in [0.717, 1.165) is 29.5 Å². The number of aromatic nitrogens is 1. The Labute approximate surface area is 115 Å². The number of methoxy groups -OCH3 is 1. The zero-order chi connectivity index (χ0) is 13.8. The van der Waals surface area contributed by atoms with Gasteiger partial charge in [-0.05, 0) is 44.2 Å². The van der Waals surface area contributed by atoms with Gasteiger partial charge in [0.2, 0.25) is 0 Å². The molecular weight excluding hydrogens is 240 g/mol. The molecule has 0 amide bonds. The third-order valence-electron chi connectivity index (χ3n) is 3.98. The Morgan fingerprint density at radius 1 is 1.47 bits per heavy atom. The number of nitrogens with zero attached hydrogens (tertiary/aromatic N) is 2. The van der Waals surface area contributed by atoms with Crippen LogP contribution in [-0.2, 0) is 11.3 Å². The Hall–Kier alpha value is -1.13. The van der Waals surface area contributed by atoms with E-state index in [9.17, 15) is 5.11 Å². The van der Waals surface area contributed by atoms with Crippen molar-refractivity contribution in [1.82, 2.24) is 4.98 Å². The lowest BCUT2D eigenvalue weighted by Crippen LogP contribution is -2.38. The van der Waals surface area contributed by atoms with Gasteiger partial charge in [0.1, 0.15) is 5.82 Å². The predicted molar refractivity (Wildman–Crippen MR) is 76.3 cm³/mol. The molecule has 1 aliphatic rings. The fraction of sp³-hybridized carbons (Fsp3) is 0.667. The number of pyridine rings is 1. The molecule has 0 saturated heterocycles. The molecule has 1 N–H and O–H groups in total. The number of ether oxygens (including phenoxy) is 1. The summed E-state index contributed by atoms with van der Waals surface area (Å²) in [4.78, 5) is 6.97. The molecule has 1 saturated carbocycles. The molecule has 1 fully saturated rings. The summed E-state index contributed by atoms with van der Waals surface area (Å²) < 4.78 is 5.21. The summed E-state index contributed by atoms with van der Waals surface area (Å²) in [6, 6.07) is 4.48. The average molecular weight is 264 g/mol. The first-order chi connectivity index (χ1) is 9.17. The normalized spacial score (nSPS) is 16.4. The number of aryl methyl sites for hydroxylation is 1. The van der Waals surface area contributed by atoms with E-state index < -0.39 is 0 Å². The Morgan fingerprint density at radius 2 is 2.21 bits per heavy atom. The van der Waals surface area contributed by atoms with E-state index in [1.807, 2.05) is 19.1 Å². The van der Waals surface area contributed by atoms with Crippen molar-refractivity contribution in [2.45, 2.75) is 39.3 Å². The monoisotopic (exact) mass is 264 g/mol. The minimum Gasteiger partial charge on any atom is -0.392 e. The Balaban J connectivity index is 2.18. The van der Waals surface area contributed by atoms with Crippen molar-refractivity contribution in [3.63, 3.8) is 0 Å². The molecule has 1 aliphatic carbocycles. The Morgan fingerprint density at radius 3 is 2.74 bits per heavy atom. The summed E-state index contributed by atoms with van der Waals surface area (Å²) in [6.07, 6.45) is 2.64. The number of aliphatic hydroxyl groups excluding tert-OH is 1. The van der Waals surface area contributed by atoms with Gasteiger partial charge in [-0.25, -0.2) is 4.98 Å². The summed E-state index contributed by atoms with van der Waals surface area (Å²) in [5, 5.41) is 9.22. The lowest BCUT2D eigenvalue weighted by Gasteiger charge is -2.30. The molecule has 1 atom stereocenters. The molecule has 1 aromatic rings. The van der Waals surface area contributed by atoms with Gasteiger partial charge in [-0.1, -0.05) is 6.07 Å². The van der Waals surface area contributed by atoms with Gasteiger partial charge < -0.3 is 14.7 Å². The number of hydrogen-bond acceptors (Lipinski definition) is 4. The Kier molecular flexibility index (Phi) is 4.77. The molecule has 106 valence electrons. The van der Waals surface area contributed by atoms with Gasteiger partial charge in [-0.3, -0.25) is 0 Å². The van der Waals surface area contributed by atoms with Gasteiger partial charge in [-0.2, -0.15) is 0 Å². The summed E-state index contributed by atoms with van der Waals surface area (Å²) in [7, 11) is 1.73. The fourth-order valence-electron chi connectivity index (χ4n) is 2.45. The summed E-state index contributed by atoms with van der Waals surface area (Å²) in [6.45, 7) is 5.84. The molecule has 0 bridgehead atoms. The van der Waals surface area contributed by atoms with Gasteiger partial charge in [-0.15, -0.1) is 0 Å². The lowest BCUT2D eigenvalue weighted by molar-refractivity contribution is 0.202. The summed E-state index contributed by atoms with van der Waals surface area (Å²) in [5.41, 5.74) is 1.81. The van der Waals surface area contributed by atoms with E-state index in [-0.39, 0.29) is 6.61 Å². The van der Waals surface area contributed by atoms with E-state index in [4.69, 9.17) is 4.74 Å². The summed E-state index contributed by atoms with van der Waals surface area (Å²) in [5.74, 6) is 1.78. The third kappa shape index (κ3) is 3.45. The van der Waals surface area contributed by atoms with Crippen molar-refractivity contribution >= 4 is 5.82 Å². The quantitative estimate of drug-likeness (QED) is 0.819. The minimum absolute atomic E-state index is 0.0510. The minimum atomic E-state index is 0.0510. The van der Waals surface area contributed by atoms with Crippen LogP contribution in [0.15, 0.2) is 12.1 Å². The van der Waals surface area contributed by atoms with Gasteiger partial charge in [0.25, 0.3) is 0 Å². The van der Waals surface area contributed by atoms with Crippen molar-refractivity contribution in [3.05, 3.63) is 23.4 Å². The molecule has 2 rings (SSSR count). The van der Waals surface area contributed by atoms with Crippen LogP contribution in [0.4, 0.5) is 5.82 Å². The summed E-state index contributed by atoms with van der Waals surface area (Å²) >= 11 is 0. The molecule has 0 aliphatic heterocycles. The second-order valence-electron chi connectivity index (χ2n) is 5.34. The van der Waals surface area contributed by atoms with Crippen LogP contribution >= 0.6 is 0 Å². The maximum atomic E-state index is 9.22. The van der Waals surface area contributed by atoms with E-state index in [1.165, 1.54) is 12.8 Å². The second-order valence-corrected chi connectivity index (χ2v) is 5.34. The fourth-order valence-corrected chi connectivity index (χ4v) is 2.45. The van der Waals surface area contributed by atoms with Crippen LogP contribution in [0.2, 0.25) is 0 Å². The highest BCUT2D eigenvalue weighted by molar-refractivity contribution is 5.43. The molecule has 1 heterocycles. The van der Waals surface area contributed by atoms with Gasteiger partial charge in [0.15, 0.2) is 0 Å². The topological polar surface area (TPSA) is 45.6 Å². The third-order valence-corrected chi connectivity index (χ3v) is 3.98. The van der Waals surface area contributed by atoms with Crippen LogP contribution in [0.25, 0.3) is 0 Å². The molecule has 1 aromatic heterocycles. The van der Waals surface area contributed by atoms with Crippen LogP contribution in [0.5, 0.6) is 0 Å². The van der Waals surface area contributed by atoms with Crippen LogP contribution in [-0.4, -0.2) is 36.4 Å². The van der Waals surface area contributed by atoms with Crippen molar-refractivity contribution in [2.24, 2.45) is 5.92 Å². The van der Waals surface area contributed by atoms with Crippen molar-refractivity contribution in [1.29, 1.82) is 0 Å². The maximum Gasteiger partial charge on any atom is 0.129 e. The molecular formula is C15H24N2O2. The SMILES string of the molecule is COCCN(c1ccc(CO)c(C)n1)C(C)C1CC1. The van der Waals surface area contributed by atoms with E-state index in [2.05, 4.69) is 16.8 Å². The Bertz CT molecular complexity index is 419. The first-order valence-corrected chi connectivity index (χ1v) is 7.00.